The van der Waals surface area contributed by atoms with Gasteiger partial charge in [-0.3, -0.25) is 0 Å². The molecule has 0 atom stereocenters. The second-order valence-corrected chi connectivity index (χ2v) is 7.53. The summed E-state index contributed by atoms with van der Waals surface area (Å²) in [6.07, 6.45) is 0. The maximum absolute atomic E-state index is 13.1. The first-order valence-electron chi connectivity index (χ1n) is 7.97. The standard InChI is InChI=1S/C19H19NO4S/c1-4-24-19(21)15-10-11-18-17(12-15)13(2)14(3)20(18)25(22,23)16-8-6-5-7-9-16/h5-12H,4H2,1-3H3. The third-order valence-corrected chi connectivity index (χ3v) is 6.08. The number of carbonyl (C=O) groups is 1. The molecule has 0 aliphatic carbocycles. The summed E-state index contributed by atoms with van der Waals surface area (Å²) in [7, 11) is -3.72. The molecule has 0 saturated carbocycles. The Labute approximate surface area is 146 Å². The molecule has 25 heavy (non-hydrogen) atoms. The largest absolute Gasteiger partial charge is 0.462 e. The molecule has 130 valence electrons. The van der Waals surface area contributed by atoms with Crippen LogP contribution in [0.5, 0.6) is 0 Å². The van der Waals surface area contributed by atoms with Crippen LogP contribution in [-0.2, 0) is 14.8 Å². The van der Waals surface area contributed by atoms with Crippen molar-refractivity contribution in [2.75, 3.05) is 6.61 Å². The molecule has 2 aromatic carbocycles. The van der Waals surface area contributed by atoms with Crippen molar-refractivity contribution in [3.63, 3.8) is 0 Å². The average Bonchev–Trinajstić information content (AvgIpc) is 2.87. The number of carbonyl (C=O) groups excluding carboxylic acids is 1. The summed E-state index contributed by atoms with van der Waals surface area (Å²) < 4.78 is 32.5. The maximum Gasteiger partial charge on any atom is 0.338 e. The fraction of sp³-hybridized carbons (Fsp3) is 0.211. The number of fused-ring (bicyclic) bond motifs is 1. The Morgan fingerprint density at radius 3 is 2.40 bits per heavy atom. The molecule has 0 bridgehead atoms. The summed E-state index contributed by atoms with van der Waals surface area (Å²) in [5.74, 6) is -0.417. The van der Waals surface area contributed by atoms with Gasteiger partial charge in [0, 0.05) is 11.1 Å². The summed E-state index contributed by atoms with van der Waals surface area (Å²) in [6.45, 7) is 5.65. The van der Waals surface area contributed by atoms with E-state index in [2.05, 4.69) is 0 Å². The number of benzene rings is 2. The van der Waals surface area contributed by atoms with E-state index in [9.17, 15) is 13.2 Å². The van der Waals surface area contributed by atoms with E-state index in [0.29, 0.717) is 16.8 Å². The molecular weight excluding hydrogens is 338 g/mol. The van der Waals surface area contributed by atoms with E-state index in [1.807, 2.05) is 6.92 Å². The summed E-state index contributed by atoms with van der Waals surface area (Å²) >= 11 is 0. The van der Waals surface area contributed by atoms with Crippen LogP contribution in [0.2, 0.25) is 0 Å². The second kappa shape index (κ2) is 6.37. The normalized spacial score (nSPS) is 11.6. The van der Waals surface area contributed by atoms with E-state index in [1.54, 1.807) is 62.4 Å². The van der Waals surface area contributed by atoms with Crippen LogP contribution in [0.1, 0.15) is 28.5 Å². The minimum Gasteiger partial charge on any atom is -0.462 e. The van der Waals surface area contributed by atoms with Crippen LogP contribution in [-0.4, -0.2) is 25.0 Å². The van der Waals surface area contributed by atoms with Gasteiger partial charge in [-0.05, 0) is 56.7 Å². The van der Waals surface area contributed by atoms with Gasteiger partial charge in [0.15, 0.2) is 0 Å². The Balaban J connectivity index is 2.24. The van der Waals surface area contributed by atoms with Gasteiger partial charge in [0.05, 0.1) is 22.6 Å². The number of rotatable bonds is 4. The average molecular weight is 357 g/mol. The fourth-order valence-electron chi connectivity index (χ4n) is 2.89. The van der Waals surface area contributed by atoms with Gasteiger partial charge in [-0.1, -0.05) is 18.2 Å². The molecule has 3 rings (SSSR count). The van der Waals surface area contributed by atoms with Crippen LogP contribution in [0.4, 0.5) is 0 Å². The molecule has 0 radical (unpaired) electrons. The van der Waals surface area contributed by atoms with Crippen molar-refractivity contribution in [1.29, 1.82) is 0 Å². The van der Waals surface area contributed by atoms with E-state index in [0.717, 1.165) is 10.9 Å². The topological polar surface area (TPSA) is 65.4 Å². The first-order valence-corrected chi connectivity index (χ1v) is 9.41. The highest BCUT2D eigenvalue weighted by atomic mass is 32.2. The van der Waals surface area contributed by atoms with Crippen LogP contribution in [0, 0.1) is 13.8 Å². The lowest BCUT2D eigenvalue weighted by molar-refractivity contribution is 0.0526. The molecule has 3 aromatic rings. The Morgan fingerprint density at radius 1 is 1.08 bits per heavy atom. The molecule has 6 heteroatoms. The predicted octanol–water partition coefficient (Wildman–Crippen LogP) is 3.67. The number of aromatic nitrogens is 1. The minimum absolute atomic E-state index is 0.226. The molecule has 0 fully saturated rings. The van der Waals surface area contributed by atoms with Crippen molar-refractivity contribution in [2.45, 2.75) is 25.7 Å². The lowest BCUT2D eigenvalue weighted by Crippen LogP contribution is -2.14. The number of ether oxygens (including phenoxy) is 1. The van der Waals surface area contributed by atoms with Gasteiger partial charge < -0.3 is 4.74 Å². The molecule has 0 spiro atoms. The third kappa shape index (κ3) is 2.82. The molecule has 0 aliphatic heterocycles. The molecule has 0 amide bonds. The molecular formula is C19H19NO4S. The second-order valence-electron chi connectivity index (χ2n) is 5.75. The third-order valence-electron chi connectivity index (χ3n) is 4.26. The lowest BCUT2D eigenvalue weighted by atomic mass is 10.1. The number of hydrogen-bond acceptors (Lipinski definition) is 4. The van der Waals surface area contributed by atoms with E-state index < -0.39 is 16.0 Å². The SMILES string of the molecule is CCOC(=O)c1ccc2c(c1)c(C)c(C)n2S(=O)(=O)c1ccccc1. The van der Waals surface area contributed by atoms with Crippen LogP contribution in [0.15, 0.2) is 53.4 Å². The zero-order valence-electron chi connectivity index (χ0n) is 14.3. The fourth-order valence-corrected chi connectivity index (χ4v) is 4.52. The van der Waals surface area contributed by atoms with Crippen molar-refractivity contribution < 1.29 is 17.9 Å². The first kappa shape index (κ1) is 17.2. The molecule has 0 unspecified atom stereocenters. The maximum atomic E-state index is 13.1. The summed E-state index contributed by atoms with van der Waals surface area (Å²) in [5.41, 5.74) is 2.40. The monoisotopic (exact) mass is 357 g/mol. The highest BCUT2D eigenvalue weighted by Gasteiger charge is 2.24. The smallest absolute Gasteiger partial charge is 0.338 e. The van der Waals surface area contributed by atoms with Gasteiger partial charge in [-0.2, -0.15) is 0 Å². The van der Waals surface area contributed by atoms with Crippen molar-refractivity contribution in [2.24, 2.45) is 0 Å². The Kier molecular flexibility index (Phi) is 4.39. The van der Waals surface area contributed by atoms with Crippen molar-refractivity contribution >= 4 is 26.9 Å². The molecule has 1 heterocycles. The van der Waals surface area contributed by atoms with Crippen LogP contribution in [0.25, 0.3) is 10.9 Å². The van der Waals surface area contributed by atoms with Crippen LogP contribution >= 0.6 is 0 Å². The molecule has 0 N–H and O–H groups in total. The lowest BCUT2D eigenvalue weighted by Gasteiger charge is -2.10. The number of hydrogen-bond donors (Lipinski definition) is 0. The van der Waals surface area contributed by atoms with E-state index in [4.69, 9.17) is 4.74 Å². The highest BCUT2D eigenvalue weighted by molar-refractivity contribution is 7.90. The zero-order valence-corrected chi connectivity index (χ0v) is 15.1. The van der Waals surface area contributed by atoms with E-state index in [1.165, 1.54) is 3.97 Å². The first-order chi connectivity index (χ1) is 11.9. The van der Waals surface area contributed by atoms with Crippen LogP contribution in [0.3, 0.4) is 0 Å². The Bertz CT molecular complexity index is 1050. The highest BCUT2D eigenvalue weighted by Crippen LogP contribution is 2.30. The van der Waals surface area contributed by atoms with Gasteiger partial charge in [-0.25, -0.2) is 17.2 Å². The van der Waals surface area contributed by atoms with Crippen molar-refractivity contribution in [1.82, 2.24) is 3.97 Å². The zero-order chi connectivity index (χ0) is 18.2. The van der Waals surface area contributed by atoms with Gasteiger partial charge in [0.2, 0.25) is 0 Å². The van der Waals surface area contributed by atoms with Gasteiger partial charge >= 0.3 is 5.97 Å². The van der Waals surface area contributed by atoms with E-state index >= 15 is 0 Å². The minimum atomic E-state index is -3.72. The predicted molar refractivity (Wildman–Crippen MR) is 96.4 cm³/mol. The van der Waals surface area contributed by atoms with Crippen LogP contribution < -0.4 is 0 Å². The van der Waals surface area contributed by atoms with Gasteiger partial charge in [-0.15, -0.1) is 0 Å². The quantitative estimate of drug-likeness (QED) is 0.668. The van der Waals surface area contributed by atoms with Gasteiger partial charge in [0.25, 0.3) is 10.0 Å². The Morgan fingerprint density at radius 2 is 1.76 bits per heavy atom. The van der Waals surface area contributed by atoms with E-state index in [-0.39, 0.29) is 11.5 Å². The van der Waals surface area contributed by atoms with Crippen molar-refractivity contribution in [3.8, 4) is 0 Å². The molecule has 1 aromatic heterocycles. The molecule has 0 saturated heterocycles. The van der Waals surface area contributed by atoms with Crippen molar-refractivity contribution in [3.05, 3.63) is 65.4 Å². The number of aryl methyl sites for hydroxylation is 1. The number of esters is 1. The van der Waals surface area contributed by atoms with Gasteiger partial charge in [0.1, 0.15) is 0 Å². The Hall–Kier alpha value is -2.60. The summed E-state index contributed by atoms with van der Waals surface area (Å²) in [6, 6.07) is 13.2. The molecule has 0 aliphatic rings. The summed E-state index contributed by atoms with van der Waals surface area (Å²) in [5, 5.41) is 0.725. The molecule has 5 nitrogen and oxygen atoms in total. The number of nitrogens with zero attached hydrogens (tertiary/aromatic N) is 1. The summed E-state index contributed by atoms with van der Waals surface area (Å²) in [4.78, 5) is 12.2.